The van der Waals surface area contributed by atoms with Crippen LogP contribution in [0.3, 0.4) is 0 Å². The van der Waals surface area contributed by atoms with Crippen molar-refractivity contribution >= 4 is 40.9 Å². The van der Waals surface area contributed by atoms with Gasteiger partial charge in [-0.15, -0.1) is 11.8 Å². The third-order valence-electron chi connectivity index (χ3n) is 2.21. The van der Waals surface area contributed by atoms with Crippen LogP contribution in [-0.4, -0.2) is 28.6 Å². The zero-order valence-electron chi connectivity index (χ0n) is 9.23. The molecule has 1 aromatic rings. The van der Waals surface area contributed by atoms with Crippen molar-refractivity contribution in [2.75, 3.05) is 16.4 Å². The molecule has 0 fully saturated rings. The number of hydrogen-bond acceptors (Lipinski definition) is 4. The summed E-state index contributed by atoms with van der Waals surface area (Å²) in [5.41, 5.74) is 1.09. The van der Waals surface area contributed by atoms with Crippen molar-refractivity contribution in [2.45, 2.75) is 11.3 Å². The van der Waals surface area contributed by atoms with Crippen LogP contribution in [0.25, 0.3) is 0 Å². The number of rotatable bonds is 3. The van der Waals surface area contributed by atoms with Gasteiger partial charge in [0.25, 0.3) is 0 Å². The molecule has 0 bridgehead atoms. The van der Waals surface area contributed by atoms with Crippen LogP contribution in [0.2, 0.25) is 0 Å². The number of carbonyl (C=O) groups is 3. The van der Waals surface area contributed by atoms with Crippen molar-refractivity contribution < 1.29 is 19.5 Å². The molecule has 1 heterocycles. The Labute approximate surface area is 107 Å². The lowest BCUT2D eigenvalue weighted by atomic mass is 10.2. The Morgan fingerprint density at radius 1 is 1.44 bits per heavy atom. The minimum absolute atomic E-state index is 0.0958. The molecule has 0 spiro atoms. The molecule has 7 heteroatoms. The predicted octanol–water partition coefficient (Wildman–Crippen LogP) is 1.14. The highest BCUT2D eigenvalue weighted by Crippen LogP contribution is 2.33. The van der Waals surface area contributed by atoms with Crippen molar-refractivity contribution in [2.24, 2.45) is 0 Å². The number of hydrogen-bond donors (Lipinski definition) is 3. The molecule has 0 aliphatic carbocycles. The van der Waals surface area contributed by atoms with Gasteiger partial charge in [0.05, 0.1) is 11.4 Å². The maximum absolute atomic E-state index is 11.3. The number of aliphatic carboxylic acids is 1. The number of anilines is 2. The maximum atomic E-state index is 11.3. The van der Waals surface area contributed by atoms with Crippen LogP contribution in [0.5, 0.6) is 0 Å². The number of nitrogens with one attached hydrogen (secondary N) is 2. The number of fused-ring (bicyclic) bond motifs is 1. The van der Waals surface area contributed by atoms with E-state index in [1.54, 1.807) is 18.2 Å². The SMILES string of the molecule is O=C(O)CC(=O)Nc1ccc2c(c1)NC(=O)CS2. The number of benzene rings is 1. The van der Waals surface area contributed by atoms with Crippen molar-refractivity contribution in [3.05, 3.63) is 18.2 Å². The number of thioether (sulfide) groups is 1. The standard InChI is InChI=1S/C11H10N2O4S/c14-9(4-11(16)17)12-6-1-2-8-7(3-6)13-10(15)5-18-8/h1-3H,4-5H2,(H,12,14)(H,13,15)(H,16,17). The zero-order chi connectivity index (χ0) is 13.1. The summed E-state index contributed by atoms with van der Waals surface area (Å²) in [6.45, 7) is 0. The molecular formula is C11H10N2O4S. The summed E-state index contributed by atoms with van der Waals surface area (Å²) in [5.74, 6) is -1.51. The van der Waals surface area contributed by atoms with Crippen LogP contribution < -0.4 is 10.6 Å². The summed E-state index contributed by atoms with van der Waals surface area (Å²) in [7, 11) is 0. The lowest BCUT2D eigenvalue weighted by Crippen LogP contribution is -2.19. The van der Waals surface area contributed by atoms with Crippen LogP contribution in [0.4, 0.5) is 11.4 Å². The Morgan fingerprint density at radius 3 is 2.94 bits per heavy atom. The molecule has 0 unspecified atom stereocenters. The lowest BCUT2D eigenvalue weighted by molar-refractivity contribution is -0.139. The Balaban J connectivity index is 2.11. The van der Waals surface area contributed by atoms with Gasteiger partial charge in [-0.1, -0.05) is 0 Å². The molecule has 0 saturated heterocycles. The smallest absolute Gasteiger partial charge is 0.312 e. The second-order valence-corrected chi connectivity index (χ2v) is 4.68. The largest absolute Gasteiger partial charge is 0.481 e. The molecule has 1 aliphatic heterocycles. The summed E-state index contributed by atoms with van der Waals surface area (Å²) in [6.07, 6.45) is -0.585. The maximum Gasteiger partial charge on any atom is 0.312 e. The lowest BCUT2D eigenvalue weighted by Gasteiger charge is -2.17. The third-order valence-corrected chi connectivity index (χ3v) is 3.28. The highest BCUT2D eigenvalue weighted by atomic mass is 32.2. The molecule has 6 nitrogen and oxygen atoms in total. The summed E-state index contributed by atoms with van der Waals surface area (Å²) >= 11 is 1.42. The van der Waals surface area contributed by atoms with E-state index in [1.165, 1.54) is 11.8 Å². The van der Waals surface area contributed by atoms with Crippen molar-refractivity contribution in [3.63, 3.8) is 0 Å². The van der Waals surface area contributed by atoms with Gasteiger partial charge < -0.3 is 15.7 Å². The summed E-state index contributed by atoms with van der Waals surface area (Å²) in [6, 6.07) is 5.05. The summed E-state index contributed by atoms with van der Waals surface area (Å²) in [4.78, 5) is 33.8. The van der Waals surface area contributed by atoms with Crippen LogP contribution in [-0.2, 0) is 14.4 Å². The molecule has 0 saturated carbocycles. The van der Waals surface area contributed by atoms with E-state index in [4.69, 9.17) is 5.11 Å². The second kappa shape index (κ2) is 5.09. The molecule has 2 amide bonds. The Morgan fingerprint density at radius 2 is 2.22 bits per heavy atom. The molecule has 18 heavy (non-hydrogen) atoms. The molecule has 3 N–H and O–H groups in total. The number of amides is 2. The average Bonchev–Trinajstić information content (AvgIpc) is 2.27. The van der Waals surface area contributed by atoms with E-state index >= 15 is 0 Å². The van der Waals surface area contributed by atoms with E-state index in [-0.39, 0.29) is 5.91 Å². The topological polar surface area (TPSA) is 95.5 Å². The van der Waals surface area contributed by atoms with Crippen LogP contribution in [0.1, 0.15) is 6.42 Å². The van der Waals surface area contributed by atoms with E-state index in [0.717, 1.165) is 4.90 Å². The molecule has 1 aromatic carbocycles. The van der Waals surface area contributed by atoms with Gasteiger partial charge in [0.15, 0.2) is 0 Å². The van der Waals surface area contributed by atoms with E-state index in [2.05, 4.69) is 10.6 Å². The highest BCUT2D eigenvalue weighted by Gasteiger charge is 2.16. The van der Waals surface area contributed by atoms with Gasteiger partial charge in [-0.25, -0.2) is 0 Å². The van der Waals surface area contributed by atoms with Crippen molar-refractivity contribution in [1.82, 2.24) is 0 Å². The van der Waals surface area contributed by atoms with E-state index in [9.17, 15) is 14.4 Å². The van der Waals surface area contributed by atoms with Gasteiger partial charge in [0.1, 0.15) is 6.42 Å². The second-order valence-electron chi connectivity index (χ2n) is 3.67. The third kappa shape index (κ3) is 3.01. The van der Waals surface area contributed by atoms with Gasteiger partial charge in [0.2, 0.25) is 11.8 Å². The molecule has 0 radical (unpaired) electrons. The summed E-state index contributed by atoms with van der Waals surface area (Å²) in [5, 5.41) is 13.6. The number of carboxylic acids is 1. The number of carbonyl (C=O) groups excluding carboxylic acids is 2. The Hall–Kier alpha value is -2.02. The van der Waals surface area contributed by atoms with Crippen LogP contribution in [0, 0.1) is 0 Å². The average molecular weight is 266 g/mol. The minimum atomic E-state index is -1.19. The van der Waals surface area contributed by atoms with Crippen molar-refractivity contribution in [1.29, 1.82) is 0 Å². The zero-order valence-corrected chi connectivity index (χ0v) is 10.0. The number of carboxylic acid groups (broad SMARTS) is 1. The molecule has 0 aromatic heterocycles. The van der Waals surface area contributed by atoms with Gasteiger partial charge in [-0.3, -0.25) is 14.4 Å². The normalized spacial score (nSPS) is 13.4. The van der Waals surface area contributed by atoms with Gasteiger partial charge in [0, 0.05) is 10.6 Å². The van der Waals surface area contributed by atoms with E-state index in [0.29, 0.717) is 17.1 Å². The fourth-order valence-corrected chi connectivity index (χ4v) is 2.29. The molecule has 2 rings (SSSR count). The Bertz CT molecular complexity index is 530. The van der Waals surface area contributed by atoms with Gasteiger partial charge in [-0.05, 0) is 18.2 Å². The molecule has 94 valence electrons. The predicted molar refractivity (Wildman–Crippen MR) is 66.7 cm³/mol. The fraction of sp³-hybridized carbons (Fsp3) is 0.182. The van der Waals surface area contributed by atoms with E-state index in [1.807, 2.05) is 0 Å². The first-order chi connectivity index (χ1) is 8.54. The first kappa shape index (κ1) is 12.4. The van der Waals surface area contributed by atoms with Crippen molar-refractivity contribution in [3.8, 4) is 0 Å². The minimum Gasteiger partial charge on any atom is -0.481 e. The fourth-order valence-electron chi connectivity index (χ4n) is 1.50. The first-order valence-corrected chi connectivity index (χ1v) is 6.11. The first-order valence-electron chi connectivity index (χ1n) is 5.13. The molecular weight excluding hydrogens is 256 g/mol. The van der Waals surface area contributed by atoms with Gasteiger partial charge in [-0.2, -0.15) is 0 Å². The summed E-state index contributed by atoms with van der Waals surface area (Å²) < 4.78 is 0. The monoisotopic (exact) mass is 266 g/mol. The van der Waals surface area contributed by atoms with Gasteiger partial charge >= 0.3 is 5.97 Å². The van der Waals surface area contributed by atoms with Crippen LogP contribution >= 0.6 is 11.8 Å². The Kier molecular flexibility index (Phi) is 3.52. The highest BCUT2D eigenvalue weighted by molar-refractivity contribution is 8.00. The van der Waals surface area contributed by atoms with E-state index < -0.39 is 18.3 Å². The molecule has 1 aliphatic rings. The van der Waals surface area contributed by atoms with Crippen LogP contribution in [0.15, 0.2) is 23.1 Å². The quantitative estimate of drug-likeness (QED) is 0.713. The molecule has 0 atom stereocenters.